The number of aryl methyl sites for hydroxylation is 1. The average Bonchev–Trinajstić information content (AvgIpc) is 2.94. The van der Waals surface area contributed by atoms with Crippen LogP contribution in [-0.4, -0.2) is 38.6 Å². The summed E-state index contributed by atoms with van der Waals surface area (Å²) in [6.07, 6.45) is 4.29. The molecule has 2 aliphatic rings. The molecule has 1 aromatic heterocycles. The first-order valence-corrected chi connectivity index (χ1v) is 7.72. The number of nitrogens with one attached hydrogen (secondary N) is 1. The Bertz CT molecular complexity index is 492. The van der Waals surface area contributed by atoms with E-state index in [1.807, 2.05) is 0 Å². The lowest BCUT2D eigenvalue weighted by Crippen LogP contribution is -2.44. The topological polar surface area (TPSA) is 52.0 Å². The first-order valence-electron chi connectivity index (χ1n) is 7.72. The van der Waals surface area contributed by atoms with Crippen molar-refractivity contribution in [2.45, 2.75) is 77.2 Å². The largest absolute Gasteiger partial charge is 0.368 e. The van der Waals surface area contributed by atoms with Crippen molar-refractivity contribution < 1.29 is 4.74 Å². The van der Waals surface area contributed by atoms with Gasteiger partial charge in [-0.05, 0) is 40.5 Å². The van der Waals surface area contributed by atoms with Crippen LogP contribution in [0.3, 0.4) is 0 Å². The van der Waals surface area contributed by atoms with Gasteiger partial charge in [-0.15, -0.1) is 10.2 Å². The van der Waals surface area contributed by atoms with Crippen LogP contribution < -0.4 is 5.32 Å². The van der Waals surface area contributed by atoms with E-state index in [0.717, 1.165) is 44.0 Å². The molecule has 2 aliphatic heterocycles. The van der Waals surface area contributed by atoms with Gasteiger partial charge in [0, 0.05) is 32.0 Å². The van der Waals surface area contributed by atoms with Gasteiger partial charge in [-0.3, -0.25) is 0 Å². The monoisotopic (exact) mass is 278 g/mol. The molecule has 3 rings (SSSR count). The lowest BCUT2D eigenvalue weighted by atomic mass is 9.94. The molecule has 0 saturated carbocycles. The van der Waals surface area contributed by atoms with Crippen molar-refractivity contribution in [3.05, 3.63) is 11.6 Å². The second-order valence-electron chi connectivity index (χ2n) is 7.21. The van der Waals surface area contributed by atoms with Gasteiger partial charge >= 0.3 is 0 Å². The molecule has 20 heavy (non-hydrogen) atoms. The number of aromatic nitrogens is 3. The number of hydrogen-bond donors (Lipinski definition) is 1. The van der Waals surface area contributed by atoms with Gasteiger partial charge in [0.1, 0.15) is 11.6 Å². The van der Waals surface area contributed by atoms with E-state index in [1.54, 1.807) is 0 Å². The standard InChI is InChI=1S/C15H26N4O/c1-14(2)10-11(15(3,4)20-14)16-8-7-13-18-17-12-6-5-9-19(12)13/h11,16H,5-10H2,1-4H3/t11-/m1/s1. The Labute approximate surface area is 121 Å². The first-order chi connectivity index (χ1) is 9.37. The lowest BCUT2D eigenvalue weighted by Gasteiger charge is -2.27. The zero-order valence-electron chi connectivity index (χ0n) is 13.1. The van der Waals surface area contributed by atoms with Crippen LogP contribution in [0.4, 0.5) is 0 Å². The molecule has 1 N–H and O–H groups in total. The van der Waals surface area contributed by atoms with Crippen LogP contribution in [0, 0.1) is 0 Å². The maximum absolute atomic E-state index is 6.11. The van der Waals surface area contributed by atoms with Gasteiger partial charge in [-0.25, -0.2) is 0 Å². The summed E-state index contributed by atoms with van der Waals surface area (Å²) >= 11 is 0. The third-order valence-corrected chi connectivity index (χ3v) is 4.50. The van der Waals surface area contributed by atoms with Crippen LogP contribution in [0.25, 0.3) is 0 Å². The smallest absolute Gasteiger partial charge is 0.134 e. The molecular formula is C15H26N4O. The summed E-state index contributed by atoms with van der Waals surface area (Å²) in [5.41, 5.74) is -0.131. The number of fused-ring (bicyclic) bond motifs is 1. The van der Waals surface area contributed by atoms with E-state index < -0.39 is 0 Å². The van der Waals surface area contributed by atoms with E-state index in [-0.39, 0.29) is 11.2 Å². The Balaban J connectivity index is 1.55. The maximum atomic E-state index is 6.11. The molecule has 0 radical (unpaired) electrons. The van der Waals surface area contributed by atoms with Crippen molar-refractivity contribution in [1.29, 1.82) is 0 Å². The molecule has 5 heteroatoms. The number of hydrogen-bond acceptors (Lipinski definition) is 4. The van der Waals surface area contributed by atoms with Crippen LogP contribution >= 0.6 is 0 Å². The summed E-state index contributed by atoms with van der Waals surface area (Å²) in [6, 6.07) is 0.401. The second-order valence-corrected chi connectivity index (χ2v) is 7.21. The molecule has 1 aromatic rings. The molecule has 0 aromatic carbocycles. The molecule has 3 heterocycles. The molecule has 1 atom stereocenters. The highest BCUT2D eigenvalue weighted by molar-refractivity contribution is 5.02. The summed E-state index contributed by atoms with van der Waals surface area (Å²) in [5.74, 6) is 2.28. The van der Waals surface area contributed by atoms with E-state index in [4.69, 9.17) is 4.74 Å². The molecule has 0 unspecified atom stereocenters. The van der Waals surface area contributed by atoms with Crippen molar-refractivity contribution >= 4 is 0 Å². The first kappa shape index (κ1) is 14.0. The van der Waals surface area contributed by atoms with Gasteiger partial charge in [-0.1, -0.05) is 0 Å². The summed E-state index contributed by atoms with van der Waals surface area (Å²) in [5, 5.41) is 12.2. The third-order valence-electron chi connectivity index (χ3n) is 4.50. The highest BCUT2D eigenvalue weighted by Crippen LogP contribution is 2.37. The van der Waals surface area contributed by atoms with E-state index in [2.05, 4.69) is 47.8 Å². The lowest BCUT2D eigenvalue weighted by molar-refractivity contribution is -0.0697. The van der Waals surface area contributed by atoms with Gasteiger partial charge in [0.05, 0.1) is 11.2 Å². The molecule has 0 amide bonds. The van der Waals surface area contributed by atoms with Crippen LogP contribution in [0.2, 0.25) is 0 Å². The van der Waals surface area contributed by atoms with Crippen molar-refractivity contribution in [2.24, 2.45) is 0 Å². The normalized spacial score (nSPS) is 26.9. The Kier molecular flexibility index (Phi) is 3.37. The van der Waals surface area contributed by atoms with Gasteiger partial charge in [0.15, 0.2) is 0 Å². The number of rotatable bonds is 4. The van der Waals surface area contributed by atoms with Crippen LogP contribution in [-0.2, 0) is 24.1 Å². The predicted molar refractivity (Wildman–Crippen MR) is 77.7 cm³/mol. The fourth-order valence-corrected chi connectivity index (χ4v) is 3.63. The van der Waals surface area contributed by atoms with Gasteiger partial charge in [-0.2, -0.15) is 0 Å². The van der Waals surface area contributed by atoms with Gasteiger partial charge in [0.2, 0.25) is 0 Å². The minimum atomic E-state index is -0.101. The van der Waals surface area contributed by atoms with Gasteiger partial charge < -0.3 is 14.6 Å². The average molecular weight is 278 g/mol. The zero-order valence-corrected chi connectivity index (χ0v) is 13.1. The molecule has 5 nitrogen and oxygen atoms in total. The van der Waals surface area contributed by atoms with E-state index >= 15 is 0 Å². The number of ether oxygens (including phenoxy) is 1. The van der Waals surface area contributed by atoms with E-state index in [9.17, 15) is 0 Å². The molecule has 112 valence electrons. The van der Waals surface area contributed by atoms with Crippen LogP contribution in [0.1, 0.15) is 52.2 Å². The molecule has 0 spiro atoms. The fraction of sp³-hybridized carbons (Fsp3) is 0.867. The predicted octanol–water partition coefficient (Wildman–Crippen LogP) is 1.70. The molecule has 1 fully saturated rings. The van der Waals surface area contributed by atoms with Crippen molar-refractivity contribution in [1.82, 2.24) is 20.1 Å². The minimum absolute atomic E-state index is 0.0305. The zero-order chi connectivity index (χ0) is 14.4. The molecule has 0 bridgehead atoms. The van der Waals surface area contributed by atoms with Crippen LogP contribution in [0.5, 0.6) is 0 Å². The van der Waals surface area contributed by atoms with Gasteiger partial charge in [0.25, 0.3) is 0 Å². The molecule has 1 saturated heterocycles. The Morgan fingerprint density at radius 3 is 2.80 bits per heavy atom. The van der Waals surface area contributed by atoms with Crippen LogP contribution in [0.15, 0.2) is 0 Å². The Morgan fingerprint density at radius 2 is 2.10 bits per heavy atom. The second kappa shape index (κ2) is 4.81. The third kappa shape index (κ3) is 2.61. The highest BCUT2D eigenvalue weighted by atomic mass is 16.5. The highest BCUT2D eigenvalue weighted by Gasteiger charge is 2.45. The SMILES string of the molecule is CC1(C)C[C@@H](NCCc2nnc3n2CCC3)C(C)(C)O1. The Morgan fingerprint density at radius 1 is 1.30 bits per heavy atom. The minimum Gasteiger partial charge on any atom is -0.368 e. The fourth-order valence-electron chi connectivity index (χ4n) is 3.63. The number of nitrogens with zero attached hydrogens (tertiary/aromatic N) is 3. The summed E-state index contributed by atoms with van der Waals surface area (Å²) < 4.78 is 8.39. The van der Waals surface area contributed by atoms with Crippen molar-refractivity contribution in [3.63, 3.8) is 0 Å². The molecular weight excluding hydrogens is 252 g/mol. The van der Waals surface area contributed by atoms with E-state index in [1.165, 1.54) is 6.42 Å². The molecule has 0 aliphatic carbocycles. The summed E-state index contributed by atoms with van der Waals surface area (Å²) in [6.45, 7) is 10.7. The Hall–Kier alpha value is -0.940. The quantitative estimate of drug-likeness (QED) is 0.911. The maximum Gasteiger partial charge on any atom is 0.134 e. The van der Waals surface area contributed by atoms with E-state index in [0.29, 0.717) is 6.04 Å². The van der Waals surface area contributed by atoms with Crippen molar-refractivity contribution in [2.75, 3.05) is 6.54 Å². The summed E-state index contributed by atoms with van der Waals surface area (Å²) in [4.78, 5) is 0. The summed E-state index contributed by atoms with van der Waals surface area (Å²) in [7, 11) is 0. The van der Waals surface area contributed by atoms with Crippen molar-refractivity contribution in [3.8, 4) is 0 Å².